The Morgan fingerprint density at radius 1 is 0.975 bits per heavy atom. The molecule has 8 nitrogen and oxygen atoms in total. The maximum atomic E-state index is 13.6. The fourth-order valence-corrected chi connectivity index (χ4v) is 5.07. The lowest BCUT2D eigenvalue weighted by Crippen LogP contribution is -2.29. The van der Waals surface area contributed by atoms with Crippen LogP contribution in [-0.2, 0) is 22.7 Å². The predicted molar refractivity (Wildman–Crippen MR) is 156 cm³/mol. The molecular weight excluding hydrogens is 524 g/mol. The molecular formula is C31H32N4O4S. The highest BCUT2D eigenvalue weighted by atomic mass is 32.2. The molecule has 0 aliphatic carbocycles. The Hall–Kier alpha value is -4.24. The maximum Gasteiger partial charge on any atom is 0.338 e. The van der Waals surface area contributed by atoms with Crippen molar-refractivity contribution in [2.45, 2.75) is 45.2 Å². The van der Waals surface area contributed by atoms with E-state index in [1.54, 1.807) is 11.8 Å². The van der Waals surface area contributed by atoms with Crippen molar-refractivity contribution in [3.05, 3.63) is 106 Å². The Labute approximate surface area is 238 Å². The molecule has 0 bridgehead atoms. The zero-order chi connectivity index (χ0) is 28.1. The minimum atomic E-state index is -0.571. The Balaban J connectivity index is 1.47. The number of rotatable bonds is 10. The molecule has 2 heterocycles. The quantitative estimate of drug-likeness (QED) is 0.179. The molecule has 1 N–H and O–H groups in total. The molecule has 1 unspecified atom stereocenters. The van der Waals surface area contributed by atoms with E-state index < -0.39 is 12.0 Å². The van der Waals surface area contributed by atoms with E-state index in [9.17, 15) is 4.79 Å². The lowest BCUT2D eigenvalue weighted by molar-refractivity contribution is -0.140. The minimum absolute atomic E-state index is 0.166. The van der Waals surface area contributed by atoms with Gasteiger partial charge >= 0.3 is 5.97 Å². The van der Waals surface area contributed by atoms with Crippen LogP contribution in [0.25, 0.3) is 0 Å². The number of fused-ring (bicyclic) bond motifs is 1. The third-order valence-corrected chi connectivity index (χ3v) is 7.28. The molecule has 3 aromatic carbocycles. The Bertz CT molecular complexity index is 1520. The lowest BCUT2D eigenvalue weighted by Gasteiger charge is -2.28. The number of hydrogen-bond donors (Lipinski definition) is 1. The van der Waals surface area contributed by atoms with Gasteiger partial charge in [-0.05, 0) is 48.4 Å². The number of allylic oxidation sites excluding steroid dienone is 1. The van der Waals surface area contributed by atoms with Gasteiger partial charge in [-0.1, -0.05) is 84.9 Å². The monoisotopic (exact) mass is 556 g/mol. The number of carbonyl (C=O) groups is 1. The predicted octanol–water partition coefficient (Wildman–Crippen LogP) is 6.32. The van der Waals surface area contributed by atoms with Crippen molar-refractivity contribution in [3.63, 3.8) is 0 Å². The number of aryl methyl sites for hydroxylation is 1. The van der Waals surface area contributed by atoms with Crippen LogP contribution in [0.15, 0.2) is 89.2 Å². The van der Waals surface area contributed by atoms with E-state index in [2.05, 4.69) is 29.4 Å². The molecule has 0 spiro atoms. The summed E-state index contributed by atoms with van der Waals surface area (Å²) in [6.45, 7) is 6.53. The average Bonchev–Trinajstić information content (AvgIpc) is 3.37. The second kappa shape index (κ2) is 12.3. The van der Waals surface area contributed by atoms with Crippen LogP contribution in [0.3, 0.4) is 0 Å². The fraction of sp³-hybridized carbons (Fsp3) is 0.258. The summed E-state index contributed by atoms with van der Waals surface area (Å²) in [6.07, 6.45) is 0. The number of hydrogen-bond acceptors (Lipinski definition) is 8. The van der Waals surface area contributed by atoms with E-state index in [1.807, 2.05) is 74.5 Å². The zero-order valence-corrected chi connectivity index (χ0v) is 23.8. The Morgan fingerprint density at radius 3 is 2.45 bits per heavy atom. The molecule has 1 aliphatic rings. The van der Waals surface area contributed by atoms with E-state index in [-0.39, 0.29) is 6.61 Å². The summed E-state index contributed by atoms with van der Waals surface area (Å²) in [4.78, 5) is 18.2. The lowest BCUT2D eigenvalue weighted by atomic mass is 9.95. The van der Waals surface area contributed by atoms with Crippen molar-refractivity contribution in [1.29, 1.82) is 0 Å². The van der Waals surface area contributed by atoms with Crippen molar-refractivity contribution in [3.8, 4) is 11.5 Å². The minimum Gasteiger partial charge on any atom is -0.493 e. The van der Waals surface area contributed by atoms with Gasteiger partial charge in [0.1, 0.15) is 19.3 Å². The van der Waals surface area contributed by atoms with Crippen LogP contribution in [0.4, 0.5) is 5.95 Å². The van der Waals surface area contributed by atoms with Crippen molar-refractivity contribution in [1.82, 2.24) is 14.8 Å². The van der Waals surface area contributed by atoms with Gasteiger partial charge in [0.15, 0.2) is 11.5 Å². The smallest absolute Gasteiger partial charge is 0.338 e. The van der Waals surface area contributed by atoms with Crippen LogP contribution in [0.5, 0.6) is 11.5 Å². The van der Waals surface area contributed by atoms with Crippen molar-refractivity contribution in [2.24, 2.45) is 0 Å². The highest BCUT2D eigenvalue weighted by molar-refractivity contribution is 7.99. The third-order valence-electron chi connectivity index (χ3n) is 6.56. The van der Waals surface area contributed by atoms with Gasteiger partial charge in [0.05, 0.1) is 12.7 Å². The fourth-order valence-electron chi connectivity index (χ4n) is 4.51. The highest BCUT2D eigenvalue weighted by Gasteiger charge is 2.36. The Morgan fingerprint density at radius 2 is 1.73 bits per heavy atom. The van der Waals surface area contributed by atoms with Gasteiger partial charge in [0.2, 0.25) is 11.1 Å². The number of carbonyl (C=O) groups excluding carboxylic acids is 1. The van der Waals surface area contributed by atoms with Crippen LogP contribution in [0.2, 0.25) is 0 Å². The molecule has 1 atom stereocenters. The van der Waals surface area contributed by atoms with E-state index in [1.165, 1.54) is 17.3 Å². The van der Waals surface area contributed by atoms with Gasteiger partial charge in [0.25, 0.3) is 0 Å². The molecule has 5 rings (SSSR count). The van der Waals surface area contributed by atoms with Crippen LogP contribution >= 0.6 is 11.8 Å². The first-order valence-corrected chi connectivity index (χ1v) is 14.1. The van der Waals surface area contributed by atoms with E-state index >= 15 is 0 Å². The third kappa shape index (κ3) is 5.99. The van der Waals surface area contributed by atoms with Gasteiger partial charge in [-0.25, -0.2) is 9.48 Å². The number of ether oxygens (including phenoxy) is 3. The van der Waals surface area contributed by atoms with Gasteiger partial charge in [0, 0.05) is 5.70 Å². The van der Waals surface area contributed by atoms with Crippen molar-refractivity contribution >= 4 is 23.7 Å². The van der Waals surface area contributed by atoms with Crippen molar-refractivity contribution in [2.75, 3.05) is 18.2 Å². The highest BCUT2D eigenvalue weighted by Crippen LogP contribution is 2.40. The topological polar surface area (TPSA) is 87.5 Å². The van der Waals surface area contributed by atoms with Crippen LogP contribution in [-0.4, -0.2) is 33.6 Å². The number of nitrogens with zero attached hydrogens (tertiary/aromatic N) is 3. The largest absolute Gasteiger partial charge is 0.493 e. The molecule has 4 aromatic rings. The second-order valence-corrected chi connectivity index (χ2v) is 10.6. The van der Waals surface area contributed by atoms with Crippen molar-refractivity contribution < 1.29 is 19.0 Å². The standard InChI is InChI=1S/C31H32N4O4S/c1-5-40-31-33-30-32-21(3)27(29(36)39-19-22-9-7-6-8-10-22)28(35(30)34-31)24-15-16-25(26(17-24)37-4)38-18-23-13-11-20(2)12-14-23/h6-17,28H,5,18-19H2,1-4H3,(H,32,33,34). The average molecular weight is 557 g/mol. The molecule has 1 aliphatic heterocycles. The number of esters is 1. The molecule has 1 aromatic heterocycles. The molecule has 0 saturated heterocycles. The van der Waals surface area contributed by atoms with Gasteiger partial charge in [-0.15, -0.1) is 5.10 Å². The molecule has 40 heavy (non-hydrogen) atoms. The van der Waals surface area contributed by atoms with E-state index in [0.717, 1.165) is 22.4 Å². The SMILES string of the molecule is CCSc1nc2n(n1)C(c1ccc(OCc3ccc(C)cc3)c(OC)c1)C(C(=O)OCc1ccccc1)=C(C)N2. The van der Waals surface area contributed by atoms with Gasteiger partial charge < -0.3 is 19.5 Å². The first-order valence-electron chi connectivity index (χ1n) is 13.1. The summed E-state index contributed by atoms with van der Waals surface area (Å²) < 4.78 is 19.3. The first kappa shape index (κ1) is 27.3. The summed E-state index contributed by atoms with van der Waals surface area (Å²) in [5.74, 6) is 2.13. The number of thioether (sulfide) groups is 1. The van der Waals surface area contributed by atoms with Gasteiger partial charge in [-0.2, -0.15) is 4.98 Å². The van der Waals surface area contributed by atoms with E-state index in [0.29, 0.717) is 40.5 Å². The summed E-state index contributed by atoms with van der Waals surface area (Å²) >= 11 is 1.54. The Kier molecular flexibility index (Phi) is 8.40. The number of methoxy groups -OCH3 is 1. The molecule has 0 radical (unpaired) electrons. The zero-order valence-electron chi connectivity index (χ0n) is 23.0. The number of anilines is 1. The van der Waals surface area contributed by atoms with Crippen LogP contribution < -0.4 is 14.8 Å². The number of aromatic nitrogens is 3. The number of nitrogens with one attached hydrogen (secondary N) is 1. The van der Waals surface area contributed by atoms with Crippen LogP contribution in [0.1, 0.15) is 42.1 Å². The van der Waals surface area contributed by atoms with Crippen LogP contribution in [0, 0.1) is 6.92 Å². The maximum absolute atomic E-state index is 13.6. The number of benzene rings is 3. The normalized spacial score (nSPS) is 14.3. The molecule has 0 fully saturated rings. The summed E-state index contributed by atoms with van der Waals surface area (Å²) in [5.41, 5.74) is 5.08. The molecule has 9 heteroatoms. The molecule has 0 amide bonds. The van der Waals surface area contributed by atoms with Gasteiger partial charge in [-0.3, -0.25) is 0 Å². The summed E-state index contributed by atoms with van der Waals surface area (Å²) in [7, 11) is 1.60. The first-order chi connectivity index (χ1) is 19.5. The van der Waals surface area contributed by atoms with E-state index in [4.69, 9.17) is 19.3 Å². The summed E-state index contributed by atoms with van der Waals surface area (Å²) in [6, 6.07) is 22.9. The second-order valence-electron chi connectivity index (χ2n) is 9.41. The molecule has 206 valence electrons. The summed E-state index contributed by atoms with van der Waals surface area (Å²) in [5, 5.41) is 8.62. The molecule has 0 saturated carbocycles.